The van der Waals surface area contributed by atoms with Crippen LogP contribution in [0.3, 0.4) is 0 Å². The van der Waals surface area contributed by atoms with Gasteiger partial charge in [-0.05, 0) is 47.3 Å². The number of carbonyl (C=O) groups is 2. The summed E-state index contributed by atoms with van der Waals surface area (Å²) in [7, 11) is 8.26. The Morgan fingerprint density at radius 3 is 2.03 bits per heavy atom. The van der Waals surface area contributed by atoms with Crippen LogP contribution in [0, 0.1) is 40.4 Å². The van der Waals surface area contributed by atoms with Crippen LogP contribution >= 0.6 is 0 Å². The lowest BCUT2D eigenvalue weighted by atomic mass is 9.49. The molecule has 7 unspecified atom stereocenters. The molecule has 0 heterocycles. The Morgan fingerprint density at radius 2 is 1.53 bits per heavy atom. The molecule has 0 aliphatic heterocycles. The van der Waals surface area contributed by atoms with E-state index in [0.29, 0.717) is 36.7 Å². The Kier molecular flexibility index (Phi) is 7.43. The quantitative estimate of drug-likeness (QED) is 0.450. The Morgan fingerprint density at radius 1 is 0.967 bits per heavy atom. The summed E-state index contributed by atoms with van der Waals surface area (Å²) in [5, 5.41) is -1.19. The summed E-state index contributed by atoms with van der Waals surface area (Å²) in [6, 6.07) is 0. The highest BCUT2D eigenvalue weighted by Gasteiger charge is 2.55. The molecule has 0 aromatic heterocycles. The normalized spacial score (nSPS) is 33.2. The van der Waals surface area contributed by atoms with E-state index in [1.807, 2.05) is 41.5 Å². The highest BCUT2D eigenvalue weighted by Crippen LogP contribution is 2.56. The first-order valence-electron chi connectivity index (χ1n) is 11.3. The van der Waals surface area contributed by atoms with Crippen LogP contribution in [0.1, 0.15) is 68.2 Å². The van der Waals surface area contributed by atoms with Gasteiger partial charge in [-0.25, -0.2) is 4.79 Å². The van der Waals surface area contributed by atoms with E-state index in [-0.39, 0.29) is 17.4 Å². The van der Waals surface area contributed by atoms with Crippen LogP contribution in [-0.4, -0.2) is 46.2 Å². The standard InChI is InChI=1S/C24H41BO5/c1-14-15(2)17-10-16(14)18(20(17)28-9)11-29-19(26)12-30-21(27)24(25,23(6,7)8)13-22(3,4)5/h14-18,20H,10-13H2,1-9H3. The second-order valence-electron chi connectivity index (χ2n) is 11.9. The smallest absolute Gasteiger partial charge is 0.344 e. The van der Waals surface area contributed by atoms with Crippen LogP contribution in [0.15, 0.2) is 0 Å². The predicted molar refractivity (Wildman–Crippen MR) is 118 cm³/mol. The van der Waals surface area contributed by atoms with E-state index in [4.69, 9.17) is 22.1 Å². The van der Waals surface area contributed by atoms with Crippen molar-refractivity contribution in [2.24, 2.45) is 40.4 Å². The third-order valence-electron chi connectivity index (χ3n) is 7.66. The first kappa shape index (κ1) is 25.2. The third kappa shape index (κ3) is 5.06. The molecule has 7 atom stereocenters. The van der Waals surface area contributed by atoms with Crippen molar-refractivity contribution in [2.75, 3.05) is 20.3 Å². The van der Waals surface area contributed by atoms with Gasteiger partial charge in [-0.2, -0.15) is 0 Å². The molecule has 2 bridgehead atoms. The molecule has 5 nitrogen and oxygen atoms in total. The van der Waals surface area contributed by atoms with Gasteiger partial charge in [0.1, 0.15) is 0 Å². The molecule has 0 aromatic carbocycles. The van der Waals surface area contributed by atoms with Crippen LogP contribution in [0.5, 0.6) is 0 Å². The number of rotatable bonds is 7. The van der Waals surface area contributed by atoms with E-state index in [0.717, 1.165) is 6.42 Å². The van der Waals surface area contributed by atoms with E-state index < -0.39 is 29.3 Å². The Bertz CT molecular complexity index is 632. The van der Waals surface area contributed by atoms with Gasteiger partial charge in [0.05, 0.1) is 20.6 Å². The number of methoxy groups -OCH3 is 1. The van der Waals surface area contributed by atoms with Crippen LogP contribution < -0.4 is 0 Å². The van der Waals surface area contributed by atoms with Crippen molar-refractivity contribution < 1.29 is 23.8 Å². The SMILES string of the molecule is [B]C(CC(C)(C)C)(C(=O)OCC(=O)OCC1C2CC(C(C)C2C)C1OC)C(C)(C)C. The molecular formula is C24H41BO5. The Hall–Kier alpha value is -1.04. The fraction of sp³-hybridized carbons (Fsp3) is 0.917. The summed E-state index contributed by atoms with van der Waals surface area (Å²) in [5.74, 6) is 1.38. The van der Waals surface area contributed by atoms with Crippen molar-refractivity contribution in [1.29, 1.82) is 0 Å². The van der Waals surface area contributed by atoms with Gasteiger partial charge >= 0.3 is 11.9 Å². The summed E-state index contributed by atoms with van der Waals surface area (Å²) >= 11 is 0. The number of esters is 2. The van der Waals surface area contributed by atoms with Crippen LogP contribution in [0.2, 0.25) is 5.31 Å². The number of ether oxygens (including phenoxy) is 3. The summed E-state index contributed by atoms with van der Waals surface area (Å²) in [4.78, 5) is 25.2. The minimum Gasteiger partial charge on any atom is -0.463 e. The molecule has 2 aliphatic rings. The molecule has 2 aliphatic carbocycles. The molecule has 0 aromatic rings. The Balaban J connectivity index is 1.92. The molecule has 0 N–H and O–H groups in total. The molecule has 30 heavy (non-hydrogen) atoms. The summed E-state index contributed by atoms with van der Waals surface area (Å²) in [6.45, 7) is 16.3. The minimum absolute atomic E-state index is 0.126. The zero-order valence-electron chi connectivity index (χ0n) is 20.4. The summed E-state index contributed by atoms with van der Waals surface area (Å²) in [5.41, 5.74) is -0.671. The van der Waals surface area contributed by atoms with E-state index in [2.05, 4.69) is 13.8 Å². The van der Waals surface area contributed by atoms with Gasteiger partial charge < -0.3 is 14.2 Å². The van der Waals surface area contributed by atoms with Crippen molar-refractivity contribution in [3.05, 3.63) is 0 Å². The summed E-state index contributed by atoms with van der Waals surface area (Å²) < 4.78 is 16.6. The van der Waals surface area contributed by atoms with E-state index in [1.54, 1.807) is 7.11 Å². The lowest BCUT2D eigenvalue weighted by molar-refractivity contribution is -0.165. The maximum atomic E-state index is 12.9. The lowest BCUT2D eigenvalue weighted by Crippen LogP contribution is -2.42. The van der Waals surface area contributed by atoms with Gasteiger partial charge in [0.15, 0.2) is 6.61 Å². The molecular weight excluding hydrogens is 379 g/mol. The van der Waals surface area contributed by atoms with E-state index >= 15 is 0 Å². The van der Waals surface area contributed by atoms with Crippen molar-refractivity contribution in [3.63, 3.8) is 0 Å². The molecule has 2 rings (SSSR count). The van der Waals surface area contributed by atoms with E-state index in [9.17, 15) is 9.59 Å². The second-order valence-corrected chi connectivity index (χ2v) is 11.9. The largest absolute Gasteiger partial charge is 0.463 e. The molecule has 2 saturated carbocycles. The average Bonchev–Trinajstić information content (AvgIpc) is 3.11. The molecule has 0 saturated heterocycles. The first-order chi connectivity index (χ1) is 13.6. The van der Waals surface area contributed by atoms with Gasteiger partial charge in [0.25, 0.3) is 0 Å². The van der Waals surface area contributed by atoms with Gasteiger partial charge in [-0.15, -0.1) is 0 Å². The number of fused-ring (bicyclic) bond motifs is 2. The van der Waals surface area contributed by atoms with Crippen molar-refractivity contribution >= 4 is 19.8 Å². The highest BCUT2D eigenvalue weighted by atomic mass is 16.6. The van der Waals surface area contributed by atoms with Crippen LogP contribution in [0.4, 0.5) is 0 Å². The molecule has 6 heteroatoms. The molecule has 170 valence electrons. The predicted octanol–water partition coefficient (Wildman–Crippen LogP) is 4.44. The number of hydrogen-bond donors (Lipinski definition) is 0. The third-order valence-corrected chi connectivity index (χ3v) is 7.66. The zero-order valence-corrected chi connectivity index (χ0v) is 20.4. The molecule has 2 fully saturated rings. The summed E-state index contributed by atoms with van der Waals surface area (Å²) in [6.07, 6.45) is 1.71. The fourth-order valence-corrected chi connectivity index (χ4v) is 5.61. The van der Waals surface area contributed by atoms with Crippen molar-refractivity contribution in [3.8, 4) is 0 Å². The van der Waals surface area contributed by atoms with Crippen LogP contribution in [0.25, 0.3) is 0 Å². The van der Waals surface area contributed by atoms with Gasteiger partial charge in [-0.3, -0.25) is 4.79 Å². The van der Waals surface area contributed by atoms with Crippen molar-refractivity contribution in [1.82, 2.24) is 0 Å². The molecule has 0 amide bonds. The van der Waals surface area contributed by atoms with E-state index in [1.165, 1.54) is 0 Å². The number of carbonyl (C=O) groups excluding carboxylic acids is 2. The molecule has 2 radical (unpaired) electrons. The lowest BCUT2D eigenvalue weighted by Gasteiger charge is -2.44. The maximum Gasteiger partial charge on any atom is 0.344 e. The first-order valence-corrected chi connectivity index (χ1v) is 11.3. The zero-order chi connectivity index (χ0) is 23.1. The highest BCUT2D eigenvalue weighted by molar-refractivity contribution is 6.27. The Labute approximate surface area is 184 Å². The topological polar surface area (TPSA) is 61.8 Å². The maximum absolute atomic E-state index is 12.9. The van der Waals surface area contributed by atoms with Crippen molar-refractivity contribution in [2.45, 2.75) is 79.6 Å². The average molecular weight is 420 g/mol. The van der Waals surface area contributed by atoms with Gasteiger partial charge in [0.2, 0.25) is 0 Å². The minimum atomic E-state index is -1.19. The molecule has 0 spiro atoms. The van der Waals surface area contributed by atoms with Gasteiger partial charge in [0, 0.05) is 18.3 Å². The second kappa shape index (κ2) is 8.84. The monoisotopic (exact) mass is 420 g/mol. The number of hydrogen-bond acceptors (Lipinski definition) is 5. The van der Waals surface area contributed by atoms with Gasteiger partial charge in [-0.1, -0.05) is 55.4 Å². The van der Waals surface area contributed by atoms with Crippen LogP contribution in [-0.2, 0) is 23.8 Å². The fourth-order valence-electron chi connectivity index (χ4n) is 5.61.